The predicted molar refractivity (Wildman–Crippen MR) is 95.2 cm³/mol. The molecule has 2 aromatic heterocycles. The molecule has 0 radical (unpaired) electrons. The second-order valence-corrected chi connectivity index (χ2v) is 8.41. The highest BCUT2D eigenvalue weighted by Crippen LogP contribution is 2.28. The smallest absolute Gasteiger partial charge is 0.264 e. The SMILES string of the molecule is Cc1cn(-c2cncc(F)c2)c2ccc(C(=O)NS(=O)(=O)C3CC3)cc12. The molecule has 0 atom stereocenters. The molecule has 0 spiro atoms. The minimum absolute atomic E-state index is 0.264. The van der Waals surface area contributed by atoms with Crippen LogP contribution in [0.5, 0.6) is 0 Å². The molecule has 0 bridgehead atoms. The Morgan fingerprint density at radius 3 is 2.73 bits per heavy atom. The molecule has 0 saturated heterocycles. The molecule has 1 aliphatic carbocycles. The van der Waals surface area contributed by atoms with Crippen LogP contribution < -0.4 is 4.72 Å². The maximum Gasteiger partial charge on any atom is 0.264 e. The van der Waals surface area contributed by atoms with Crippen LogP contribution in [0.2, 0.25) is 0 Å². The first kappa shape index (κ1) is 16.7. The van der Waals surface area contributed by atoms with Crippen LogP contribution in [-0.2, 0) is 10.0 Å². The number of amides is 1. The number of benzene rings is 1. The zero-order valence-corrected chi connectivity index (χ0v) is 14.8. The monoisotopic (exact) mass is 373 g/mol. The van der Waals surface area contributed by atoms with Gasteiger partial charge in [-0.15, -0.1) is 0 Å². The number of hydrogen-bond donors (Lipinski definition) is 1. The van der Waals surface area contributed by atoms with Crippen molar-refractivity contribution >= 4 is 26.8 Å². The molecule has 1 saturated carbocycles. The topological polar surface area (TPSA) is 81.1 Å². The molecular weight excluding hydrogens is 357 g/mol. The summed E-state index contributed by atoms with van der Waals surface area (Å²) in [5.41, 5.74) is 2.48. The van der Waals surface area contributed by atoms with E-state index in [0.29, 0.717) is 18.5 Å². The van der Waals surface area contributed by atoms with Gasteiger partial charge in [-0.1, -0.05) is 0 Å². The van der Waals surface area contributed by atoms with Crippen LogP contribution in [0, 0.1) is 12.7 Å². The molecule has 0 aliphatic heterocycles. The zero-order valence-electron chi connectivity index (χ0n) is 13.9. The number of nitrogens with zero attached hydrogens (tertiary/aromatic N) is 2. The number of carbonyl (C=O) groups excluding carboxylic acids is 1. The minimum atomic E-state index is -3.60. The van der Waals surface area contributed by atoms with Crippen molar-refractivity contribution < 1.29 is 17.6 Å². The Morgan fingerprint density at radius 2 is 2.04 bits per heavy atom. The summed E-state index contributed by atoms with van der Waals surface area (Å²) in [4.78, 5) is 16.2. The molecule has 2 heterocycles. The molecule has 134 valence electrons. The number of carbonyl (C=O) groups is 1. The van der Waals surface area contributed by atoms with Crippen LogP contribution in [0.25, 0.3) is 16.6 Å². The fourth-order valence-electron chi connectivity index (χ4n) is 2.93. The van der Waals surface area contributed by atoms with E-state index in [4.69, 9.17) is 0 Å². The van der Waals surface area contributed by atoms with Gasteiger partial charge in [0.1, 0.15) is 5.82 Å². The van der Waals surface area contributed by atoms with Gasteiger partial charge in [0.15, 0.2) is 0 Å². The lowest BCUT2D eigenvalue weighted by molar-refractivity contribution is 0.0981. The van der Waals surface area contributed by atoms with Gasteiger partial charge in [0, 0.05) is 23.2 Å². The molecule has 3 aromatic rings. The van der Waals surface area contributed by atoms with E-state index in [-0.39, 0.29) is 5.56 Å². The number of halogens is 1. The van der Waals surface area contributed by atoms with Crippen molar-refractivity contribution in [2.75, 3.05) is 0 Å². The number of pyridine rings is 1. The average molecular weight is 373 g/mol. The van der Waals surface area contributed by atoms with E-state index in [1.165, 1.54) is 6.07 Å². The van der Waals surface area contributed by atoms with Crippen LogP contribution in [0.3, 0.4) is 0 Å². The maximum atomic E-state index is 13.5. The third kappa shape index (κ3) is 2.96. The van der Waals surface area contributed by atoms with Crippen molar-refractivity contribution in [3.8, 4) is 5.69 Å². The van der Waals surface area contributed by atoms with Crippen molar-refractivity contribution in [3.63, 3.8) is 0 Å². The average Bonchev–Trinajstić information content (AvgIpc) is 3.40. The highest BCUT2D eigenvalue weighted by molar-refractivity contribution is 7.91. The summed E-state index contributed by atoms with van der Waals surface area (Å²) in [6, 6.07) is 6.29. The van der Waals surface area contributed by atoms with Crippen molar-refractivity contribution in [1.29, 1.82) is 0 Å². The summed E-state index contributed by atoms with van der Waals surface area (Å²) in [6.45, 7) is 1.87. The van der Waals surface area contributed by atoms with Gasteiger partial charge in [-0.25, -0.2) is 17.5 Å². The summed E-state index contributed by atoms with van der Waals surface area (Å²) in [6.07, 6.45) is 5.68. The lowest BCUT2D eigenvalue weighted by Crippen LogP contribution is -2.33. The predicted octanol–water partition coefficient (Wildman–Crippen LogP) is 2.70. The van der Waals surface area contributed by atoms with E-state index < -0.39 is 27.0 Å². The fourth-order valence-corrected chi connectivity index (χ4v) is 4.23. The number of aryl methyl sites for hydroxylation is 1. The van der Waals surface area contributed by atoms with E-state index in [2.05, 4.69) is 9.71 Å². The normalized spacial score (nSPS) is 14.5. The molecule has 0 unspecified atom stereocenters. The van der Waals surface area contributed by atoms with E-state index in [1.54, 1.807) is 29.0 Å². The highest BCUT2D eigenvalue weighted by atomic mass is 32.2. The van der Waals surface area contributed by atoms with Crippen molar-refractivity contribution in [2.24, 2.45) is 0 Å². The summed E-state index contributed by atoms with van der Waals surface area (Å²) in [7, 11) is -3.60. The van der Waals surface area contributed by atoms with E-state index in [9.17, 15) is 17.6 Å². The lowest BCUT2D eigenvalue weighted by atomic mass is 10.1. The van der Waals surface area contributed by atoms with Crippen molar-refractivity contribution in [1.82, 2.24) is 14.3 Å². The molecule has 1 amide bonds. The Hall–Kier alpha value is -2.74. The summed E-state index contributed by atoms with van der Waals surface area (Å²) in [5, 5.41) is 0.323. The first-order chi connectivity index (χ1) is 12.3. The van der Waals surface area contributed by atoms with Gasteiger partial charge in [-0.05, 0) is 43.5 Å². The van der Waals surface area contributed by atoms with E-state index in [0.717, 1.165) is 22.7 Å². The van der Waals surface area contributed by atoms with Crippen LogP contribution in [-0.4, -0.2) is 29.1 Å². The summed E-state index contributed by atoms with van der Waals surface area (Å²) < 4.78 is 41.3. The molecule has 4 rings (SSSR count). The fraction of sp³-hybridized carbons (Fsp3) is 0.222. The number of rotatable bonds is 4. The highest BCUT2D eigenvalue weighted by Gasteiger charge is 2.37. The molecule has 1 aromatic carbocycles. The number of fused-ring (bicyclic) bond motifs is 1. The van der Waals surface area contributed by atoms with Gasteiger partial charge < -0.3 is 4.57 Å². The van der Waals surface area contributed by atoms with Crippen molar-refractivity contribution in [3.05, 3.63) is 59.8 Å². The Labute approximate surface area is 149 Å². The Bertz CT molecular complexity index is 1130. The van der Waals surface area contributed by atoms with E-state index in [1.807, 2.05) is 13.1 Å². The molecular formula is C18H16FN3O3S. The van der Waals surface area contributed by atoms with Gasteiger partial charge in [0.05, 0.1) is 28.8 Å². The first-order valence-electron chi connectivity index (χ1n) is 8.14. The molecule has 1 aliphatic rings. The second kappa shape index (κ2) is 5.91. The van der Waals surface area contributed by atoms with Crippen LogP contribution >= 0.6 is 0 Å². The van der Waals surface area contributed by atoms with Crippen LogP contribution in [0.15, 0.2) is 42.9 Å². The third-order valence-electron chi connectivity index (χ3n) is 4.43. The van der Waals surface area contributed by atoms with Crippen LogP contribution in [0.4, 0.5) is 4.39 Å². The molecule has 1 fully saturated rings. The Balaban J connectivity index is 1.72. The minimum Gasteiger partial charge on any atom is -0.315 e. The second-order valence-electron chi connectivity index (χ2n) is 6.45. The van der Waals surface area contributed by atoms with E-state index >= 15 is 0 Å². The molecule has 26 heavy (non-hydrogen) atoms. The number of hydrogen-bond acceptors (Lipinski definition) is 4. The summed E-state index contributed by atoms with van der Waals surface area (Å²) in [5.74, 6) is -1.08. The zero-order chi connectivity index (χ0) is 18.5. The van der Waals surface area contributed by atoms with Gasteiger partial charge in [-0.2, -0.15) is 0 Å². The number of aromatic nitrogens is 2. The quantitative estimate of drug-likeness (QED) is 0.762. The number of sulfonamides is 1. The van der Waals surface area contributed by atoms with Gasteiger partial charge in [-0.3, -0.25) is 9.78 Å². The van der Waals surface area contributed by atoms with Crippen LogP contribution in [0.1, 0.15) is 28.8 Å². The standard InChI is InChI=1S/C18H16FN3O3S/c1-11-10-22(14-7-13(19)8-20-9-14)17-5-2-12(6-16(11)17)18(23)21-26(24,25)15-3-4-15/h2,5-10,15H,3-4H2,1H3,(H,21,23). The van der Waals surface area contributed by atoms with Gasteiger partial charge in [0.25, 0.3) is 5.91 Å². The van der Waals surface area contributed by atoms with Gasteiger partial charge in [0.2, 0.25) is 10.0 Å². The molecule has 1 N–H and O–H groups in total. The summed E-state index contributed by atoms with van der Waals surface area (Å²) >= 11 is 0. The van der Waals surface area contributed by atoms with Crippen molar-refractivity contribution in [2.45, 2.75) is 25.0 Å². The third-order valence-corrected chi connectivity index (χ3v) is 6.25. The Kier molecular flexibility index (Phi) is 3.80. The molecule has 8 heteroatoms. The maximum absolute atomic E-state index is 13.5. The largest absolute Gasteiger partial charge is 0.315 e. The Morgan fingerprint density at radius 1 is 1.27 bits per heavy atom. The molecule has 6 nitrogen and oxygen atoms in total. The first-order valence-corrected chi connectivity index (χ1v) is 9.68. The van der Waals surface area contributed by atoms with Gasteiger partial charge >= 0.3 is 0 Å². The number of nitrogens with one attached hydrogen (secondary N) is 1. The lowest BCUT2D eigenvalue weighted by Gasteiger charge is -2.07.